The number of aromatic nitrogens is 3. The van der Waals surface area contributed by atoms with Crippen molar-refractivity contribution in [2.24, 2.45) is 0 Å². The fraction of sp³-hybridized carbons (Fsp3) is 0.385. The molecule has 0 saturated carbocycles. The Bertz CT molecular complexity index is 709. The van der Waals surface area contributed by atoms with Crippen molar-refractivity contribution in [2.45, 2.75) is 18.3 Å². The molecule has 1 unspecified atom stereocenters. The topological polar surface area (TPSA) is 76.9 Å². The lowest BCUT2D eigenvalue weighted by molar-refractivity contribution is 0.449. The molecule has 6 nitrogen and oxygen atoms in total. The summed E-state index contributed by atoms with van der Waals surface area (Å²) in [6, 6.07) is 9.93. The zero-order valence-corrected chi connectivity index (χ0v) is 12.0. The molecule has 1 aliphatic heterocycles. The van der Waals surface area contributed by atoms with E-state index in [-0.39, 0.29) is 11.8 Å². The number of hydrogen-bond acceptors (Lipinski definition) is 5. The highest BCUT2D eigenvalue weighted by molar-refractivity contribution is 7.89. The second kappa shape index (κ2) is 4.99. The molecule has 3 rings (SSSR count). The van der Waals surface area contributed by atoms with Gasteiger partial charge < -0.3 is 9.88 Å². The summed E-state index contributed by atoms with van der Waals surface area (Å²) in [6.45, 7) is 1.46. The van der Waals surface area contributed by atoms with E-state index in [4.69, 9.17) is 0 Å². The summed E-state index contributed by atoms with van der Waals surface area (Å²) in [5.41, 5.74) is 1.10. The van der Waals surface area contributed by atoms with Gasteiger partial charge in [-0.2, -0.15) is 0 Å². The predicted octanol–water partition coefficient (Wildman–Crippen LogP) is 0.515. The van der Waals surface area contributed by atoms with Crippen molar-refractivity contribution in [1.82, 2.24) is 20.1 Å². The number of benzene rings is 1. The van der Waals surface area contributed by atoms with Gasteiger partial charge in [-0.15, -0.1) is 10.2 Å². The molecule has 0 saturated heterocycles. The van der Waals surface area contributed by atoms with E-state index < -0.39 is 9.84 Å². The molecular weight excluding hydrogens is 276 g/mol. The van der Waals surface area contributed by atoms with E-state index >= 15 is 0 Å². The van der Waals surface area contributed by atoms with Crippen molar-refractivity contribution in [2.75, 3.05) is 12.8 Å². The van der Waals surface area contributed by atoms with Crippen molar-refractivity contribution < 1.29 is 8.42 Å². The van der Waals surface area contributed by atoms with Gasteiger partial charge >= 0.3 is 0 Å². The number of rotatable bonds is 3. The largest absolute Gasteiger partial charge is 0.311 e. The Balaban J connectivity index is 1.99. The average molecular weight is 292 g/mol. The molecule has 7 heteroatoms. The molecule has 0 aliphatic carbocycles. The highest BCUT2D eigenvalue weighted by atomic mass is 32.2. The van der Waals surface area contributed by atoms with Crippen LogP contribution in [0.15, 0.2) is 30.3 Å². The van der Waals surface area contributed by atoms with Gasteiger partial charge in [-0.25, -0.2) is 8.42 Å². The van der Waals surface area contributed by atoms with E-state index in [9.17, 15) is 8.42 Å². The molecule has 1 aromatic heterocycles. The van der Waals surface area contributed by atoms with Crippen LogP contribution in [0.2, 0.25) is 0 Å². The van der Waals surface area contributed by atoms with Crippen LogP contribution in [0.25, 0.3) is 0 Å². The molecule has 20 heavy (non-hydrogen) atoms. The molecule has 2 heterocycles. The molecule has 0 fully saturated rings. The predicted molar refractivity (Wildman–Crippen MR) is 74.9 cm³/mol. The van der Waals surface area contributed by atoms with Gasteiger partial charge in [0, 0.05) is 19.3 Å². The minimum Gasteiger partial charge on any atom is -0.311 e. The first kappa shape index (κ1) is 13.3. The molecule has 2 aromatic rings. The summed E-state index contributed by atoms with van der Waals surface area (Å²) in [7, 11) is -3.11. The molecular formula is C13H16N4O2S. The maximum Gasteiger partial charge on any atom is 0.154 e. The first-order valence-electron chi connectivity index (χ1n) is 6.42. The van der Waals surface area contributed by atoms with Crippen molar-refractivity contribution in [3.05, 3.63) is 47.5 Å². The highest BCUT2D eigenvalue weighted by Gasteiger charge is 2.26. The van der Waals surface area contributed by atoms with Crippen LogP contribution in [-0.4, -0.2) is 36.0 Å². The summed E-state index contributed by atoms with van der Waals surface area (Å²) in [4.78, 5) is 0. The van der Waals surface area contributed by atoms with Crippen LogP contribution in [-0.2, 0) is 22.1 Å². The highest BCUT2D eigenvalue weighted by Crippen LogP contribution is 2.24. The Morgan fingerprint density at radius 3 is 2.75 bits per heavy atom. The lowest BCUT2D eigenvalue weighted by atomic mass is 10.1. The minimum absolute atomic E-state index is 0.0363. The zero-order valence-electron chi connectivity index (χ0n) is 11.2. The summed E-state index contributed by atoms with van der Waals surface area (Å²) >= 11 is 0. The van der Waals surface area contributed by atoms with Gasteiger partial charge in [0.25, 0.3) is 0 Å². The fourth-order valence-corrected chi connectivity index (χ4v) is 3.15. The Hall–Kier alpha value is -1.73. The van der Waals surface area contributed by atoms with Crippen molar-refractivity contribution >= 4 is 9.84 Å². The molecule has 0 radical (unpaired) electrons. The Morgan fingerprint density at radius 2 is 2.05 bits per heavy atom. The van der Waals surface area contributed by atoms with Crippen LogP contribution in [0.4, 0.5) is 0 Å². The zero-order chi connectivity index (χ0) is 14.2. The van der Waals surface area contributed by atoms with E-state index in [1.165, 1.54) is 6.26 Å². The number of fused-ring (bicyclic) bond motifs is 1. The second-order valence-corrected chi connectivity index (χ2v) is 7.13. The van der Waals surface area contributed by atoms with Crippen molar-refractivity contribution in [1.29, 1.82) is 0 Å². The van der Waals surface area contributed by atoms with Crippen LogP contribution in [0, 0.1) is 0 Å². The molecule has 1 aromatic carbocycles. The summed E-state index contributed by atoms with van der Waals surface area (Å²) in [5.74, 6) is 1.23. The van der Waals surface area contributed by atoms with Gasteiger partial charge in [-0.1, -0.05) is 30.3 Å². The SMILES string of the molecule is CS(=O)(=O)Cc1nnc2n1CCNC2c1ccccc1. The Labute approximate surface area is 117 Å². The van der Waals surface area contributed by atoms with Crippen LogP contribution >= 0.6 is 0 Å². The number of hydrogen-bond donors (Lipinski definition) is 1. The lowest BCUT2D eigenvalue weighted by Gasteiger charge is -2.25. The van der Waals surface area contributed by atoms with Crippen LogP contribution in [0.1, 0.15) is 23.3 Å². The molecule has 0 spiro atoms. The maximum absolute atomic E-state index is 11.4. The maximum atomic E-state index is 11.4. The molecule has 0 bridgehead atoms. The van der Waals surface area contributed by atoms with Crippen LogP contribution in [0.5, 0.6) is 0 Å². The van der Waals surface area contributed by atoms with Gasteiger partial charge in [0.1, 0.15) is 11.6 Å². The van der Waals surface area contributed by atoms with E-state index in [1.807, 2.05) is 34.9 Å². The van der Waals surface area contributed by atoms with E-state index in [2.05, 4.69) is 15.5 Å². The normalized spacial score (nSPS) is 18.8. The molecule has 1 N–H and O–H groups in total. The second-order valence-electron chi connectivity index (χ2n) is 4.99. The fourth-order valence-electron chi connectivity index (χ4n) is 2.47. The van der Waals surface area contributed by atoms with Crippen molar-refractivity contribution in [3.8, 4) is 0 Å². The number of nitrogens with one attached hydrogen (secondary N) is 1. The summed E-state index contributed by atoms with van der Waals surface area (Å²) < 4.78 is 24.8. The van der Waals surface area contributed by atoms with Gasteiger partial charge in [0.05, 0.1) is 6.04 Å². The van der Waals surface area contributed by atoms with Crippen LogP contribution < -0.4 is 5.32 Å². The lowest BCUT2D eigenvalue weighted by Crippen LogP contribution is -2.35. The van der Waals surface area contributed by atoms with E-state index in [1.54, 1.807) is 0 Å². The third-order valence-electron chi connectivity index (χ3n) is 3.32. The van der Waals surface area contributed by atoms with E-state index in [0.717, 1.165) is 17.9 Å². The van der Waals surface area contributed by atoms with Crippen molar-refractivity contribution in [3.63, 3.8) is 0 Å². The summed E-state index contributed by atoms with van der Waals surface area (Å²) in [5, 5.41) is 11.6. The third-order valence-corrected chi connectivity index (χ3v) is 4.10. The van der Waals surface area contributed by atoms with E-state index in [0.29, 0.717) is 12.4 Å². The molecule has 1 atom stereocenters. The van der Waals surface area contributed by atoms with Gasteiger partial charge in [0.2, 0.25) is 0 Å². The molecule has 0 amide bonds. The van der Waals surface area contributed by atoms with Crippen LogP contribution in [0.3, 0.4) is 0 Å². The van der Waals surface area contributed by atoms with Gasteiger partial charge in [-0.05, 0) is 5.56 Å². The third kappa shape index (κ3) is 2.59. The number of sulfone groups is 1. The monoisotopic (exact) mass is 292 g/mol. The van der Waals surface area contributed by atoms with Gasteiger partial charge in [-0.3, -0.25) is 0 Å². The average Bonchev–Trinajstić information content (AvgIpc) is 2.81. The summed E-state index contributed by atoms with van der Waals surface area (Å²) in [6.07, 6.45) is 1.21. The first-order valence-corrected chi connectivity index (χ1v) is 8.49. The first-order chi connectivity index (χ1) is 9.54. The number of nitrogens with zero attached hydrogens (tertiary/aromatic N) is 3. The quantitative estimate of drug-likeness (QED) is 0.892. The minimum atomic E-state index is -3.11. The standard InChI is InChI=1S/C13H16N4O2S/c1-20(18,19)9-11-15-16-13-12(14-7-8-17(11)13)10-5-3-2-4-6-10/h2-6,12,14H,7-9H2,1H3. The Morgan fingerprint density at radius 1 is 1.30 bits per heavy atom. The molecule has 1 aliphatic rings. The Kier molecular flexibility index (Phi) is 3.31. The molecule has 106 valence electrons. The van der Waals surface area contributed by atoms with Gasteiger partial charge in [0.15, 0.2) is 15.7 Å². The smallest absolute Gasteiger partial charge is 0.154 e.